The van der Waals surface area contributed by atoms with E-state index in [4.69, 9.17) is 5.11 Å². The normalized spacial score (nSPS) is 33.3. The number of carboxylic acids is 1. The lowest BCUT2D eigenvalue weighted by Crippen LogP contribution is -2.40. The van der Waals surface area contributed by atoms with Gasteiger partial charge in [-0.1, -0.05) is 26.3 Å². The van der Waals surface area contributed by atoms with E-state index in [1.54, 1.807) is 6.08 Å². The fraction of sp³-hybridized carbons (Fsp3) is 0.727. The molecule has 0 amide bonds. The molecule has 0 bridgehead atoms. The first-order chi connectivity index (χ1) is 6.97. The van der Waals surface area contributed by atoms with Crippen LogP contribution in [0.5, 0.6) is 0 Å². The third-order valence-corrected chi connectivity index (χ3v) is 3.19. The molecule has 86 valence electrons. The summed E-state index contributed by atoms with van der Waals surface area (Å²) in [6, 6.07) is 0. The van der Waals surface area contributed by atoms with Crippen molar-refractivity contribution in [3.63, 3.8) is 0 Å². The Labute approximate surface area is 89.2 Å². The highest BCUT2D eigenvalue weighted by molar-refractivity contribution is 5.86. The number of aliphatic hydroxyl groups is 2. The van der Waals surface area contributed by atoms with E-state index in [0.717, 1.165) is 6.42 Å². The Morgan fingerprint density at radius 2 is 2.20 bits per heavy atom. The lowest BCUT2D eigenvalue weighted by molar-refractivity contribution is -0.133. The summed E-state index contributed by atoms with van der Waals surface area (Å²) in [5.41, 5.74) is 0.207. The Bertz CT molecular complexity index is 272. The lowest BCUT2D eigenvalue weighted by atomic mass is 9.78. The quantitative estimate of drug-likeness (QED) is 0.649. The minimum Gasteiger partial charge on any atom is -0.478 e. The Kier molecular flexibility index (Phi) is 3.88. The molecule has 4 heteroatoms. The van der Waals surface area contributed by atoms with E-state index >= 15 is 0 Å². The number of aliphatic carboxylic acids is 1. The number of hydrogen-bond donors (Lipinski definition) is 3. The standard InChI is InChI=1S/C11H18O4/c1-3-6(2)8-4-7(11(14)15)5-9(12)10(8)13/h4,6,8-10,12-13H,3,5H2,1-2H3,(H,14,15). The van der Waals surface area contributed by atoms with Crippen LogP contribution in [-0.4, -0.2) is 33.5 Å². The monoisotopic (exact) mass is 214 g/mol. The second-order valence-electron chi connectivity index (χ2n) is 4.22. The molecule has 0 saturated heterocycles. The van der Waals surface area contributed by atoms with Gasteiger partial charge in [0.25, 0.3) is 0 Å². The van der Waals surface area contributed by atoms with Crippen LogP contribution in [-0.2, 0) is 4.79 Å². The van der Waals surface area contributed by atoms with Crippen LogP contribution in [0.25, 0.3) is 0 Å². The molecule has 4 unspecified atom stereocenters. The summed E-state index contributed by atoms with van der Waals surface area (Å²) in [6.07, 6.45) is 0.665. The number of rotatable bonds is 3. The Morgan fingerprint density at radius 3 is 2.67 bits per heavy atom. The number of carbonyl (C=O) groups is 1. The van der Waals surface area contributed by atoms with E-state index in [9.17, 15) is 15.0 Å². The summed E-state index contributed by atoms with van der Waals surface area (Å²) < 4.78 is 0. The number of carboxylic acid groups (broad SMARTS) is 1. The van der Waals surface area contributed by atoms with Gasteiger partial charge in [0.15, 0.2) is 0 Å². The van der Waals surface area contributed by atoms with Gasteiger partial charge >= 0.3 is 5.97 Å². The van der Waals surface area contributed by atoms with E-state index < -0.39 is 18.2 Å². The second kappa shape index (κ2) is 4.77. The molecule has 0 aliphatic heterocycles. The summed E-state index contributed by atoms with van der Waals surface area (Å²) in [5, 5.41) is 28.2. The van der Waals surface area contributed by atoms with Crippen molar-refractivity contribution < 1.29 is 20.1 Å². The van der Waals surface area contributed by atoms with Gasteiger partial charge in [-0.2, -0.15) is 0 Å². The fourth-order valence-electron chi connectivity index (χ4n) is 1.93. The number of hydrogen-bond acceptors (Lipinski definition) is 3. The Balaban J connectivity index is 2.91. The van der Waals surface area contributed by atoms with Gasteiger partial charge in [0.1, 0.15) is 0 Å². The van der Waals surface area contributed by atoms with Gasteiger partial charge < -0.3 is 15.3 Å². The summed E-state index contributed by atoms with van der Waals surface area (Å²) >= 11 is 0. The molecule has 0 fully saturated rings. The molecule has 1 rings (SSSR count). The molecule has 0 spiro atoms. The SMILES string of the molecule is CCC(C)C1C=C(C(=O)O)CC(O)C1O. The lowest BCUT2D eigenvalue weighted by Gasteiger charge is -2.33. The van der Waals surface area contributed by atoms with Crippen molar-refractivity contribution in [3.8, 4) is 0 Å². The molecule has 1 aliphatic carbocycles. The molecule has 4 nitrogen and oxygen atoms in total. The first-order valence-corrected chi connectivity index (χ1v) is 5.27. The van der Waals surface area contributed by atoms with Crippen molar-refractivity contribution >= 4 is 5.97 Å². The number of aliphatic hydroxyl groups excluding tert-OH is 2. The first-order valence-electron chi connectivity index (χ1n) is 5.27. The highest BCUT2D eigenvalue weighted by Gasteiger charge is 2.34. The van der Waals surface area contributed by atoms with E-state index in [2.05, 4.69) is 0 Å². The van der Waals surface area contributed by atoms with E-state index in [-0.39, 0.29) is 23.8 Å². The van der Waals surface area contributed by atoms with Crippen LogP contribution in [0.15, 0.2) is 11.6 Å². The van der Waals surface area contributed by atoms with Crippen molar-refractivity contribution in [3.05, 3.63) is 11.6 Å². The zero-order valence-corrected chi connectivity index (χ0v) is 9.05. The third kappa shape index (κ3) is 2.58. The predicted molar refractivity (Wildman–Crippen MR) is 55.3 cm³/mol. The molecule has 0 aromatic carbocycles. The molecular formula is C11H18O4. The van der Waals surface area contributed by atoms with Gasteiger partial charge in [-0.15, -0.1) is 0 Å². The molecule has 1 aliphatic rings. The molecule has 4 atom stereocenters. The Hall–Kier alpha value is -0.870. The average Bonchev–Trinajstić information content (AvgIpc) is 2.20. The molecule has 0 heterocycles. The minimum atomic E-state index is -1.01. The highest BCUT2D eigenvalue weighted by atomic mass is 16.4. The first kappa shape index (κ1) is 12.2. The molecule has 0 saturated carbocycles. The fourth-order valence-corrected chi connectivity index (χ4v) is 1.93. The molecular weight excluding hydrogens is 196 g/mol. The molecule has 0 radical (unpaired) electrons. The Morgan fingerprint density at radius 1 is 1.60 bits per heavy atom. The summed E-state index contributed by atoms with van der Waals surface area (Å²) in [7, 11) is 0. The molecule has 0 aromatic heterocycles. The maximum absolute atomic E-state index is 10.8. The maximum atomic E-state index is 10.8. The smallest absolute Gasteiger partial charge is 0.331 e. The van der Waals surface area contributed by atoms with Crippen LogP contribution < -0.4 is 0 Å². The van der Waals surface area contributed by atoms with Gasteiger partial charge in [0.2, 0.25) is 0 Å². The van der Waals surface area contributed by atoms with E-state index in [0.29, 0.717) is 0 Å². The van der Waals surface area contributed by atoms with Gasteiger partial charge in [0, 0.05) is 17.9 Å². The van der Waals surface area contributed by atoms with Crippen molar-refractivity contribution in [2.75, 3.05) is 0 Å². The van der Waals surface area contributed by atoms with Crippen LogP contribution in [0.4, 0.5) is 0 Å². The zero-order chi connectivity index (χ0) is 11.6. The topological polar surface area (TPSA) is 77.8 Å². The van der Waals surface area contributed by atoms with Crippen LogP contribution in [0.3, 0.4) is 0 Å². The van der Waals surface area contributed by atoms with Crippen LogP contribution in [0.1, 0.15) is 26.7 Å². The maximum Gasteiger partial charge on any atom is 0.331 e. The van der Waals surface area contributed by atoms with E-state index in [1.165, 1.54) is 0 Å². The largest absolute Gasteiger partial charge is 0.478 e. The minimum absolute atomic E-state index is 0.0312. The van der Waals surface area contributed by atoms with Crippen LogP contribution >= 0.6 is 0 Å². The summed E-state index contributed by atoms with van der Waals surface area (Å²) in [6.45, 7) is 3.93. The van der Waals surface area contributed by atoms with Gasteiger partial charge in [-0.3, -0.25) is 0 Å². The molecule has 0 aromatic rings. The summed E-state index contributed by atoms with van der Waals surface area (Å²) in [5.74, 6) is -1.09. The molecule has 15 heavy (non-hydrogen) atoms. The van der Waals surface area contributed by atoms with E-state index in [1.807, 2.05) is 13.8 Å². The summed E-state index contributed by atoms with van der Waals surface area (Å²) in [4.78, 5) is 10.8. The average molecular weight is 214 g/mol. The van der Waals surface area contributed by atoms with Crippen molar-refractivity contribution in [1.82, 2.24) is 0 Å². The van der Waals surface area contributed by atoms with Gasteiger partial charge in [-0.25, -0.2) is 4.79 Å². The second-order valence-corrected chi connectivity index (χ2v) is 4.22. The molecule has 3 N–H and O–H groups in total. The van der Waals surface area contributed by atoms with Crippen LogP contribution in [0, 0.1) is 11.8 Å². The van der Waals surface area contributed by atoms with Gasteiger partial charge in [-0.05, 0) is 5.92 Å². The zero-order valence-electron chi connectivity index (χ0n) is 9.05. The van der Waals surface area contributed by atoms with Crippen LogP contribution in [0.2, 0.25) is 0 Å². The predicted octanol–water partition coefficient (Wildman–Crippen LogP) is 0.785. The third-order valence-electron chi connectivity index (χ3n) is 3.19. The van der Waals surface area contributed by atoms with Gasteiger partial charge in [0.05, 0.1) is 12.2 Å². The van der Waals surface area contributed by atoms with Crippen molar-refractivity contribution in [2.45, 2.75) is 38.9 Å². The van der Waals surface area contributed by atoms with Crippen molar-refractivity contribution in [2.24, 2.45) is 11.8 Å². The van der Waals surface area contributed by atoms with Crippen molar-refractivity contribution in [1.29, 1.82) is 0 Å². The highest BCUT2D eigenvalue weighted by Crippen LogP contribution is 2.30.